The molecular weight excluding hydrogens is 303 g/mol. The second-order valence-electron chi connectivity index (χ2n) is 3.87. The zero-order valence-electron chi connectivity index (χ0n) is 8.78. The van der Waals surface area contributed by atoms with Crippen LogP contribution in [0.5, 0.6) is 0 Å². The molecule has 0 spiro atoms. The highest BCUT2D eigenvalue weighted by molar-refractivity contribution is 14.1. The lowest BCUT2D eigenvalue weighted by molar-refractivity contribution is 0.382. The molecule has 1 fully saturated rings. The Morgan fingerprint density at radius 2 is 2.13 bits per heavy atom. The summed E-state index contributed by atoms with van der Waals surface area (Å²) in [6.07, 6.45) is 3.99. The van der Waals surface area contributed by atoms with Gasteiger partial charge in [-0.05, 0) is 19.8 Å². The highest BCUT2D eigenvalue weighted by atomic mass is 127. The quantitative estimate of drug-likeness (QED) is 0.669. The van der Waals surface area contributed by atoms with Crippen molar-refractivity contribution >= 4 is 28.7 Å². The van der Waals surface area contributed by atoms with Crippen LogP contribution >= 0.6 is 22.9 Å². The molecule has 0 radical (unpaired) electrons. The van der Waals surface area contributed by atoms with E-state index in [1.807, 2.05) is 13.0 Å². The summed E-state index contributed by atoms with van der Waals surface area (Å²) in [6, 6.07) is 2.56. The molecule has 0 aromatic carbocycles. The predicted octanol–water partition coefficient (Wildman–Crippen LogP) is 2.01. The standard InChI is InChI=1S/C10H15IN4/c1-8-6-10(13-7-12-8)14-9-2-4-15(11)5-3-9/h6-7,9H,2-5H2,1H3,(H,12,13,14). The first-order valence-electron chi connectivity index (χ1n) is 5.20. The molecule has 0 amide bonds. The molecule has 2 heterocycles. The largest absolute Gasteiger partial charge is 0.367 e. The van der Waals surface area contributed by atoms with Crippen molar-refractivity contribution in [3.05, 3.63) is 18.1 Å². The number of anilines is 1. The Morgan fingerprint density at radius 3 is 2.80 bits per heavy atom. The van der Waals surface area contributed by atoms with Crippen LogP contribution in [0.4, 0.5) is 5.82 Å². The van der Waals surface area contributed by atoms with Crippen LogP contribution in [-0.4, -0.2) is 32.2 Å². The van der Waals surface area contributed by atoms with E-state index in [0.29, 0.717) is 6.04 Å². The minimum atomic E-state index is 0.560. The number of aromatic nitrogens is 2. The smallest absolute Gasteiger partial charge is 0.129 e. The molecule has 1 saturated heterocycles. The lowest BCUT2D eigenvalue weighted by Crippen LogP contribution is -2.34. The van der Waals surface area contributed by atoms with E-state index >= 15 is 0 Å². The van der Waals surface area contributed by atoms with Gasteiger partial charge in [0.25, 0.3) is 0 Å². The van der Waals surface area contributed by atoms with Crippen LogP contribution in [0.3, 0.4) is 0 Å². The second-order valence-corrected chi connectivity index (χ2v) is 5.24. The van der Waals surface area contributed by atoms with Gasteiger partial charge in [-0.3, -0.25) is 0 Å². The number of aryl methyl sites for hydroxylation is 1. The zero-order chi connectivity index (χ0) is 10.7. The van der Waals surface area contributed by atoms with E-state index in [9.17, 15) is 0 Å². The number of rotatable bonds is 2. The molecule has 2 rings (SSSR count). The number of nitrogens with one attached hydrogen (secondary N) is 1. The van der Waals surface area contributed by atoms with Gasteiger partial charge >= 0.3 is 0 Å². The highest BCUT2D eigenvalue weighted by Gasteiger charge is 2.17. The first-order chi connectivity index (χ1) is 7.24. The van der Waals surface area contributed by atoms with E-state index in [4.69, 9.17) is 0 Å². The molecule has 0 atom stereocenters. The average Bonchev–Trinajstić information content (AvgIpc) is 2.22. The van der Waals surface area contributed by atoms with E-state index in [1.54, 1.807) is 6.33 Å². The van der Waals surface area contributed by atoms with Gasteiger partial charge in [-0.25, -0.2) is 13.1 Å². The third-order valence-corrected chi connectivity index (χ3v) is 3.56. The summed E-state index contributed by atoms with van der Waals surface area (Å²) >= 11 is 2.38. The fourth-order valence-corrected chi connectivity index (χ4v) is 2.29. The molecule has 4 nitrogen and oxygen atoms in total. The fraction of sp³-hybridized carbons (Fsp3) is 0.600. The number of hydrogen-bond donors (Lipinski definition) is 1. The lowest BCUT2D eigenvalue weighted by atomic mass is 10.1. The second kappa shape index (κ2) is 5.07. The SMILES string of the molecule is Cc1cc(NC2CCN(I)CC2)ncn1. The van der Waals surface area contributed by atoms with Crippen molar-refractivity contribution in [2.45, 2.75) is 25.8 Å². The van der Waals surface area contributed by atoms with Gasteiger partial charge < -0.3 is 5.32 Å². The van der Waals surface area contributed by atoms with Crippen molar-refractivity contribution < 1.29 is 0 Å². The Hall–Kier alpha value is -0.430. The third kappa shape index (κ3) is 3.27. The first-order valence-corrected chi connectivity index (χ1v) is 6.16. The van der Waals surface area contributed by atoms with Crippen LogP contribution in [0.2, 0.25) is 0 Å². The summed E-state index contributed by atoms with van der Waals surface area (Å²) in [7, 11) is 0. The van der Waals surface area contributed by atoms with Crippen LogP contribution in [0.25, 0.3) is 0 Å². The van der Waals surface area contributed by atoms with E-state index in [2.05, 4.69) is 41.3 Å². The van der Waals surface area contributed by atoms with Gasteiger partial charge in [0.15, 0.2) is 0 Å². The van der Waals surface area contributed by atoms with Gasteiger partial charge in [0.05, 0.1) is 0 Å². The van der Waals surface area contributed by atoms with Gasteiger partial charge in [0.2, 0.25) is 0 Å². The van der Waals surface area contributed by atoms with Crippen molar-refractivity contribution in [3.8, 4) is 0 Å². The van der Waals surface area contributed by atoms with E-state index < -0.39 is 0 Å². The summed E-state index contributed by atoms with van der Waals surface area (Å²) in [5.41, 5.74) is 1.01. The molecule has 15 heavy (non-hydrogen) atoms. The minimum absolute atomic E-state index is 0.560. The predicted molar refractivity (Wildman–Crippen MR) is 69.0 cm³/mol. The number of halogens is 1. The van der Waals surface area contributed by atoms with Crippen molar-refractivity contribution in [2.24, 2.45) is 0 Å². The molecule has 1 N–H and O–H groups in total. The van der Waals surface area contributed by atoms with Crippen molar-refractivity contribution in [1.82, 2.24) is 13.1 Å². The number of nitrogens with zero attached hydrogens (tertiary/aromatic N) is 3. The zero-order valence-corrected chi connectivity index (χ0v) is 10.9. The summed E-state index contributed by atoms with van der Waals surface area (Å²) < 4.78 is 2.33. The normalized spacial score (nSPS) is 19.1. The Kier molecular flexibility index (Phi) is 3.74. The summed E-state index contributed by atoms with van der Waals surface area (Å²) in [5.74, 6) is 0.953. The summed E-state index contributed by atoms with van der Waals surface area (Å²) in [4.78, 5) is 8.30. The van der Waals surface area contributed by atoms with Crippen LogP contribution in [-0.2, 0) is 0 Å². The van der Waals surface area contributed by atoms with Gasteiger partial charge in [0, 0.05) is 53.8 Å². The van der Waals surface area contributed by atoms with Crippen LogP contribution in [0.15, 0.2) is 12.4 Å². The molecule has 0 saturated carbocycles. The van der Waals surface area contributed by atoms with Crippen LogP contribution in [0.1, 0.15) is 18.5 Å². The maximum Gasteiger partial charge on any atom is 0.129 e. The molecule has 1 aromatic rings. The Morgan fingerprint density at radius 1 is 1.40 bits per heavy atom. The first kappa shape index (κ1) is 11.1. The summed E-state index contributed by atoms with van der Waals surface area (Å²) in [5, 5.41) is 3.46. The topological polar surface area (TPSA) is 41.0 Å². The monoisotopic (exact) mass is 318 g/mol. The van der Waals surface area contributed by atoms with Gasteiger partial charge in [-0.15, -0.1) is 0 Å². The average molecular weight is 318 g/mol. The fourth-order valence-electron chi connectivity index (χ4n) is 1.73. The molecule has 82 valence electrons. The van der Waals surface area contributed by atoms with Crippen molar-refractivity contribution in [3.63, 3.8) is 0 Å². The number of hydrogen-bond acceptors (Lipinski definition) is 4. The Balaban J connectivity index is 1.92. The van der Waals surface area contributed by atoms with Crippen molar-refractivity contribution in [1.29, 1.82) is 0 Å². The molecule has 1 aliphatic heterocycles. The lowest BCUT2D eigenvalue weighted by Gasteiger charge is -2.28. The maximum absolute atomic E-state index is 4.21. The third-order valence-electron chi connectivity index (χ3n) is 2.60. The minimum Gasteiger partial charge on any atom is -0.367 e. The molecule has 0 bridgehead atoms. The Labute approximate surface area is 104 Å². The number of piperidine rings is 1. The van der Waals surface area contributed by atoms with Crippen molar-refractivity contribution in [2.75, 3.05) is 18.4 Å². The van der Waals surface area contributed by atoms with E-state index in [0.717, 1.165) is 24.6 Å². The molecular formula is C10H15IN4. The molecule has 0 unspecified atom stereocenters. The summed E-state index contributed by atoms with van der Waals surface area (Å²) in [6.45, 7) is 4.30. The van der Waals surface area contributed by atoms with E-state index in [-0.39, 0.29) is 0 Å². The Bertz CT molecular complexity index is 323. The van der Waals surface area contributed by atoms with Crippen LogP contribution in [0, 0.1) is 6.92 Å². The van der Waals surface area contributed by atoms with Gasteiger partial charge in [-0.1, -0.05) is 0 Å². The molecule has 1 aromatic heterocycles. The van der Waals surface area contributed by atoms with Gasteiger partial charge in [-0.2, -0.15) is 0 Å². The van der Waals surface area contributed by atoms with Crippen LogP contribution < -0.4 is 5.32 Å². The highest BCUT2D eigenvalue weighted by Crippen LogP contribution is 2.17. The van der Waals surface area contributed by atoms with Gasteiger partial charge in [0.1, 0.15) is 12.1 Å². The molecule has 1 aliphatic rings. The molecule has 5 heteroatoms. The maximum atomic E-state index is 4.21. The molecule has 0 aliphatic carbocycles. The van der Waals surface area contributed by atoms with E-state index in [1.165, 1.54) is 12.8 Å².